The van der Waals surface area contributed by atoms with E-state index in [4.69, 9.17) is 9.98 Å². The van der Waals surface area contributed by atoms with Crippen molar-refractivity contribution in [3.05, 3.63) is 217 Å². The molecule has 0 amide bonds. The molecule has 11 aromatic rings. The van der Waals surface area contributed by atoms with E-state index in [2.05, 4.69) is 215 Å². The van der Waals surface area contributed by atoms with E-state index in [1.807, 2.05) is 6.07 Å². The van der Waals surface area contributed by atoms with E-state index < -0.39 is 0 Å². The molecule has 0 saturated heterocycles. The maximum atomic E-state index is 5.36. The molecule has 3 heterocycles. The van der Waals surface area contributed by atoms with Gasteiger partial charge in [-0.25, -0.2) is 9.98 Å². The third kappa shape index (κ3) is 5.18. The highest BCUT2D eigenvalue weighted by atomic mass is 15.3. The molecule has 0 bridgehead atoms. The summed E-state index contributed by atoms with van der Waals surface area (Å²) in [6.45, 7) is 0. The molecule has 0 saturated carbocycles. The van der Waals surface area contributed by atoms with Crippen LogP contribution in [0.4, 0.5) is 0 Å². The Labute approximate surface area is 341 Å². The fourth-order valence-corrected chi connectivity index (χ4v) is 9.41. The lowest BCUT2D eigenvalue weighted by atomic mass is 10.00. The lowest BCUT2D eigenvalue weighted by Crippen LogP contribution is -2.35. The summed E-state index contributed by atoms with van der Waals surface area (Å²) in [5.41, 5.74) is 10.1. The largest absolute Gasteiger partial charge is 0.333 e. The SMILES string of the molecule is CN1C(c2ccc(-n3c4ccc5ccccc5c4c4c5ccccc5ccc43)cc2)=NC(c2ccccc2)=NC1c1ccc2c3ccccc3n(-c3ccccc3)c2c1. The topological polar surface area (TPSA) is 37.8 Å². The fraction of sp³-hybridized carbons (Fsp3) is 0.0370. The van der Waals surface area contributed by atoms with E-state index in [1.54, 1.807) is 0 Å². The van der Waals surface area contributed by atoms with Crippen molar-refractivity contribution in [1.29, 1.82) is 0 Å². The number of para-hydroxylation sites is 2. The second-order valence-corrected chi connectivity index (χ2v) is 15.4. The smallest absolute Gasteiger partial charge is 0.159 e. The summed E-state index contributed by atoms with van der Waals surface area (Å²) in [5.74, 6) is 1.59. The second kappa shape index (κ2) is 13.2. The van der Waals surface area contributed by atoms with Crippen LogP contribution in [0.5, 0.6) is 0 Å². The predicted octanol–water partition coefficient (Wildman–Crippen LogP) is 13.0. The van der Waals surface area contributed by atoms with Crippen molar-refractivity contribution >= 4 is 76.8 Å². The van der Waals surface area contributed by atoms with Crippen LogP contribution < -0.4 is 0 Å². The number of aromatic nitrogens is 2. The zero-order valence-electron chi connectivity index (χ0n) is 32.4. The Morgan fingerprint density at radius 2 is 0.949 bits per heavy atom. The van der Waals surface area contributed by atoms with Gasteiger partial charge in [0.2, 0.25) is 0 Å². The van der Waals surface area contributed by atoms with Gasteiger partial charge in [0.25, 0.3) is 0 Å². The summed E-state index contributed by atoms with van der Waals surface area (Å²) < 4.78 is 4.78. The molecule has 12 rings (SSSR count). The van der Waals surface area contributed by atoms with Gasteiger partial charge in [0, 0.05) is 51.1 Å². The van der Waals surface area contributed by atoms with Gasteiger partial charge in [0.15, 0.2) is 12.0 Å². The monoisotopic (exact) mass is 755 g/mol. The molecule has 1 atom stereocenters. The number of hydrogen-bond donors (Lipinski definition) is 0. The van der Waals surface area contributed by atoms with Crippen LogP contribution in [0.1, 0.15) is 22.9 Å². The number of nitrogens with zero attached hydrogens (tertiary/aromatic N) is 5. The van der Waals surface area contributed by atoms with Crippen LogP contribution in [0.2, 0.25) is 0 Å². The molecular weight excluding hydrogens is 719 g/mol. The van der Waals surface area contributed by atoms with E-state index in [1.165, 1.54) is 59.6 Å². The van der Waals surface area contributed by atoms with Gasteiger partial charge in [0.05, 0.1) is 22.1 Å². The molecule has 0 radical (unpaired) electrons. The molecule has 1 unspecified atom stereocenters. The Kier molecular flexibility index (Phi) is 7.44. The van der Waals surface area contributed by atoms with Crippen molar-refractivity contribution in [3.8, 4) is 11.4 Å². The number of aliphatic imine (C=N–C) groups is 2. The summed E-state index contributed by atoms with van der Waals surface area (Å²) >= 11 is 0. The maximum Gasteiger partial charge on any atom is 0.159 e. The van der Waals surface area contributed by atoms with Gasteiger partial charge in [0.1, 0.15) is 5.84 Å². The third-order valence-electron chi connectivity index (χ3n) is 12.1. The molecule has 0 N–H and O–H groups in total. The summed E-state index contributed by atoms with van der Waals surface area (Å²) in [5, 5.41) is 10.0. The molecule has 0 aliphatic carbocycles. The van der Waals surface area contributed by atoms with E-state index in [-0.39, 0.29) is 6.17 Å². The normalized spacial score (nSPS) is 14.5. The zero-order chi connectivity index (χ0) is 39.0. The third-order valence-corrected chi connectivity index (χ3v) is 12.1. The van der Waals surface area contributed by atoms with Crippen LogP contribution in [0.25, 0.3) is 76.5 Å². The van der Waals surface area contributed by atoms with E-state index in [9.17, 15) is 0 Å². The minimum Gasteiger partial charge on any atom is -0.333 e. The van der Waals surface area contributed by atoms with Crippen molar-refractivity contribution in [2.24, 2.45) is 9.98 Å². The van der Waals surface area contributed by atoms with Crippen LogP contribution >= 0.6 is 0 Å². The Bertz CT molecular complexity index is 3410. The van der Waals surface area contributed by atoms with Crippen molar-refractivity contribution in [2.45, 2.75) is 6.17 Å². The molecule has 9 aromatic carbocycles. The molecular formula is C54H37N5. The average Bonchev–Trinajstić information content (AvgIpc) is 3.83. The van der Waals surface area contributed by atoms with E-state index in [0.717, 1.165) is 45.3 Å². The first kappa shape index (κ1) is 33.4. The lowest BCUT2D eigenvalue weighted by Gasteiger charge is -2.32. The average molecular weight is 756 g/mol. The summed E-state index contributed by atoms with van der Waals surface area (Å²) in [7, 11) is 2.11. The first-order chi connectivity index (χ1) is 29.2. The van der Waals surface area contributed by atoms with Crippen LogP contribution in [-0.2, 0) is 0 Å². The van der Waals surface area contributed by atoms with Gasteiger partial charge < -0.3 is 14.0 Å². The number of rotatable bonds is 5. The number of amidine groups is 2. The number of hydrogen-bond acceptors (Lipinski definition) is 3. The van der Waals surface area contributed by atoms with Crippen LogP contribution in [-0.4, -0.2) is 32.8 Å². The first-order valence-electron chi connectivity index (χ1n) is 20.2. The van der Waals surface area contributed by atoms with Crippen molar-refractivity contribution in [2.75, 3.05) is 7.05 Å². The highest BCUT2D eigenvalue weighted by Gasteiger charge is 2.28. The van der Waals surface area contributed by atoms with Gasteiger partial charge in [-0.05, 0) is 87.8 Å². The molecule has 278 valence electrons. The summed E-state index contributed by atoms with van der Waals surface area (Å²) in [4.78, 5) is 12.9. The molecule has 2 aromatic heterocycles. The molecule has 59 heavy (non-hydrogen) atoms. The molecule has 5 heteroatoms. The quantitative estimate of drug-likeness (QED) is 0.172. The lowest BCUT2D eigenvalue weighted by molar-refractivity contribution is 0.383. The Balaban J connectivity index is 1.00. The highest BCUT2D eigenvalue weighted by molar-refractivity contribution is 6.28. The summed E-state index contributed by atoms with van der Waals surface area (Å²) in [6, 6.07) is 71.8. The van der Waals surface area contributed by atoms with Crippen molar-refractivity contribution < 1.29 is 0 Å². The first-order valence-corrected chi connectivity index (χ1v) is 20.2. The highest BCUT2D eigenvalue weighted by Crippen LogP contribution is 2.41. The van der Waals surface area contributed by atoms with Crippen LogP contribution in [0.3, 0.4) is 0 Å². The Hall–Kier alpha value is -7.76. The maximum absolute atomic E-state index is 5.36. The zero-order valence-corrected chi connectivity index (χ0v) is 32.4. The van der Waals surface area contributed by atoms with Gasteiger partial charge in [-0.1, -0.05) is 140 Å². The molecule has 0 fully saturated rings. The van der Waals surface area contributed by atoms with E-state index >= 15 is 0 Å². The molecule has 1 aliphatic heterocycles. The Morgan fingerprint density at radius 3 is 1.63 bits per heavy atom. The Morgan fingerprint density at radius 1 is 0.407 bits per heavy atom. The number of benzene rings is 9. The standard InChI is InChI=1S/C54H37N5/c1-57-53(38-24-29-41(30-25-38)59-47-32-27-35-14-8-10-20-42(35)50(47)51-43-21-11-9-15-36(43)28-33-48(51)59)55-52(37-16-4-2-5-17-37)56-54(57)39-26-31-45-44-22-12-13-23-46(44)58(49(45)34-39)40-18-6-3-7-19-40/h2-34,54H,1H3. The predicted molar refractivity (Wildman–Crippen MR) is 247 cm³/mol. The van der Waals surface area contributed by atoms with Gasteiger partial charge >= 0.3 is 0 Å². The number of fused-ring (bicyclic) bond motifs is 10. The van der Waals surface area contributed by atoms with Crippen LogP contribution in [0, 0.1) is 0 Å². The van der Waals surface area contributed by atoms with Crippen molar-refractivity contribution in [1.82, 2.24) is 14.0 Å². The molecule has 5 nitrogen and oxygen atoms in total. The minimum absolute atomic E-state index is 0.303. The fourth-order valence-electron chi connectivity index (χ4n) is 9.41. The minimum atomic E-state index is -0.303. The second-order valence-electron chi connectivity index (χ2n) is 15.4. The van der Waals surface area contributed by atoms with Gasteiger partial charge in [-0.3, -0.25) is 0 Å². The van der Waals surface area contributed by atoms with E-state index in [0.29, 0.717) is 0 Å². The van der Waals surface area contributed by atoms with Crippen molar-refractivity contribution in [3.63, 3.8) is 0 Å². The molecule has 0 spiro atoms. The van der Waals surface area contributed by atoms with Crippen LogP contribution in [0.15, 0.2) is 210 Å². The summed E-state index contributed by atoms with van der Waals surface area (Å²) in [6.07, 6.45) is -0.303. The molecule has 1 aliphatic rings. The van der Waals surface area contributed by atoms with Gasteiger partial charge in [-0.15, -0.1) is 0 Å². The van der Waals surface area contributed by atoms with Gasteiger partial charge in [-0.2, -0.15) is 0 Å².